The predicted molar refractivity (Wildman–Crippen MR) is 68.8 cm³/mol. The molecule has 1 heterocycles. The Morgan fingerprint density at radius 1 is 1.24 bits per heavy atom. The van der Waals surface area contributed by atoms with Crippen molar-refractivity contribution in [2.45, 2.75) is 12.5 Å². The zero-order valence-electron chi connectivity index (χ0n) is 9.18. The summed E-state index contributed by atoms with van der Waals surface area (Å²) in [5.74, 6) is 0.443. The Balaban J connectivity index is 2.20. The SMILES string of the molecule is Nc1ncccc1CC(O)c1ccccc1Cl. The molecule has 1 aromatic heterocycles. The number of hydrogen-bond acceptors (Lipinski definition) is 3. The molecule has 0 aliphatic carbocycles. The largest absolute Gasteiger partial charge is 0.388 e. The van der Waals surface area contributed by atoms with Crippen LogP contribution in [0.4, 0.5) is 5.82 Å². The van der Waals surface area contributed by atoms with Crippen molar-refractivity contribution in [1.82, 2.24) is 4.98 Å². The van der Waals surface area contributed by atoms with Crippen molar-refractivity contribution in [1.29, 1.82) is 0 Å². The monoisotopic (exact) mass is 248 g/mol. The molecule has 4 heteroatoms. The second kappa shape index (κ2) is 5.17. The van der Waals surface area contributed by atoms with E-state index in [0.29, 0.717) is 22.8 Å². The number of aliphatic hydroxyl groups excluding tert-OH is 1. The number of nitrogen functional groups attached to an aromatic ring is 1. The average Bonchev–Trinajstić information content (AvgIpc) is 2.32. The average molecular weight is 249 g/mol. The molecule has 2 aromatic rings. The third kappa shape index (κ3) is 2.75. The van der Waals surface area contributed by atoms with E-state index in [1.807, 2.05) is 18.2 Å². The summed E-state index contributed by atoms with van der Waals surface area (Å²) in [6.07, 6.45) is 1.36. The summed E-state index contributed by atoms with van der Waals surface area (Å²) in [5.41, 5.74) is 7.26. The molecule has 3 nitrogen and oxygen atoms in total. The van der Waals surface area contributed by atoms with Crippen molar-refractivity contribution >= 4 is 17.4 Å². The maximum atomic E-state index is 10.1. The van der Waals surface area contributed by atoms with Crippen LogP contribution in [0.25, 0.3) is 0 Å². The van der Waals surface area contributed by atoms with Gasteiger partial charge in [0.2, 0.25) is 0 Å². The maximum Gasteiger partial charge on any atom is 0.126 e. The zero-order valence-corrected chi connectivity index (χ0v) is 9.93. The highest BCUT2D eigenvalue weighted by Gasteiger charge is 2.13. The van der Waals surface area contributed by atoms with Gasteiger partial charge in [-0.2, -0.15) is 0 Å². The van der Waals surface area contributed by atoms with E-state index in [9.17, 15) is 5.11 Å². The van der Waals surface area contributed by atoms with E-state index < -0.39 is 6.10 Å². The first-order valence-electron chi connectivity index (χ1n) is 5.30. The normalized spacial score (nSPS) is 12.4. The molecule has 3 N–H and O–H groups in total. The summed E-state index contributed by atoms with van der Waals surface area (Å²) in [7, 11) is 0. The van der Waals surface area contributed by atoms with Crippen LogP contribution in [0.3, 0.4) is 0 Å². The Labute approximate surface area is 105 Å². The lowest BCUT2D eigenvalue weighted by molar-refractivity contribution is 0.178. The van der Waals surface area contributed by atoms with Crippen molar-refractivity contribution in [2.75, 3.05) is 5.73 Å². The summed E-state index contributed by atoms with van der Waals surface area (Å²) in [5, 5.41) is 10.7. The topological polar surface area (TPSA) is 59.1 Å². The lowest BCUT2D eigenvalue weighted by atomic mass is 10.0. The van der Waals surface area contributed by atoms with Gasteiger partial charge in [-0.05, 0) is 23.3 Å². The molecule has 1 aromatic carbocycles. The number of nitrogens with two attached hydrogens (primary N) is 1. The first-order valence-corrected chi connectivity index (χ1v) is 5.68. The maximum absolute atomic E-state index is 10.1. The highest BCUT2D eigenvalue weighted by molar-refractivity contribution is 6.31. The number of anilines is 1. The van der Waals surface area contributed by atoms with Crippen molar-refractivity contribution in [3.8, 4) is 0 Å². The van der Waals surface area contributed by atoms with Crippen molar-refractivity contribution < 1.29 is 5.11 Å². The van der Waals surface area contributed by atoms with E-state index in [-0.39, 0.29) is 0 Å². The molecule has 0 fully saturated rings. The first-order chi connectivity index (χ1) is 8.18. The van der Waals surface area contributed by atoms with Crippen LogP contribution < -0.4 is 5.73 Å². The minimum Gasteiger partial charge on any atom is -0.388 e. The molecule has 17 heavy (non-hydrogen) atoms. The summed E-state index contributed by atoms with van der Waals surface area (Å²) in [4.78, 5) is 3.98. The number of aliphatic hydroxyl groups is 1. The Kier molecular flexibility index (Phi) is 3.61. The van der Waals surface area contributed by atoms with Crippen molar-refractivity contribution in [3.63, 3.8) is 0 Å². The van der Waals surface area contributed by atoms with Gasteiger partial charge in [0, 0.05) is 17.6 Å². The van der Waals surface area contributed by atoms with E-state index in [0.717, 1.165) is 5.56 Å². The summed E-state index contributed by atoms with van der Waals surface area (Å²) in [6.45, 7) is 0. The van der Waals surface area contributed by atoms with Crippen LogP contribution in [0, 0.1) is 0 Å². The van der Waals surface area contributed by atoms with Gasteiger partial charge < -0.3 is 10.8 Å². The van der Waals surface area contributed by atoms with E-state index in [1.165, 1.54) is 0 Å². The number of pyridine rings is 1. The molecule has 0 aliphatic rings. The second-order valence-corrected chi connectivity index (χ2v) is 4.20. The highest BCUT2D eigenvalue weighted by Crippen LogP contribution is 2.26. The molecule has 2 rings (SSSR count). The number of nitrogens with zero attached hydrogens (tertiary/aromatic N) is 1. The Hall–Kier alpha value is -1.58. The molecule has 0 aliphatic heterocycles. The van der Waals surface area contributed by atoms with E-state index >= 15 is 0 Å². The predicted octanol–water partition coefficient (Wildman–Crippen LogP) is 2.59. The number of halogens is 1. The number of hydrogen-bond donors (Lipinski definition) is 2. The molecule has 0 saturated carbocycles. The van der Waals surface area contributed by atoms with Crippen LogP contribution in [0.2, 0.25) is 5.02 Å². The van der Waals surface area contributed by atoms with Gasteiger partial charge in [-0.3, -0.25) is 0 Å². The fourth-order valence-electron chi connectivity index (χ4n) is 1.69. The fraction of sp³-hybridized carbons (Fsp3) is 0.154. The molecular formula is C13H13ClN2O. The smallest absolute Gasteiger partial charge is 0.126 e. The van der Waals surface area contributed by atoms with Gasteiger partial charge in [0.25, 0.3) is 0 Å². The summed E-state index contributed by atoms with van der Waals surface area (Å²) >= 11 is 6.02. The van der Waals surface area contributed by atoms with Gasteiger partial charge >= 0.3 is 0 Å². The third-order valence-electron chi connectivity index (χ3n) is 2.60. The molecular weight excluding hydrogens is 236 g/mol. The lowest BCUT2D eigenvalue weighted by Crippen LogP contribution is -2.05. The van der Waals surface area contributed by atoms with Gasteiger partial charge in [0.15, 0.2) is 0 Å². The Bertz CT molecular complexity index is 516. The van der Waals surface area contributed by atoms with Crippen LogP contribution in [0.5, 0.6) is 0 Å². The second-order valence-electron chi connectivity index (χ2n) is 3.79. The van der Waals surface area contributed by atoms with E-state index in [2.05, 4.69) is 4.98 Å². The quantitative estimate of drug-likeness (QED) is 0.878. The number of benzene rings is 1. The molecule has 0 amide bonds. The molecule has 1 unspecified atom stereocenters. The summed E-state index contributed by atoms with van der Waals surface area (Å²) < 4.78 is 0. The lowest BCUT2D eigenvalue weighted by Gasteiger charge is -2.13. The van der Waals surface area contributed by atoms with Crippen LogP contribution in [-0.2, 0) is 6.42 Å². The van der Waals surface area contributed by atoms with E-state index in [1.54, 1.807) is 24.4 Å². The molecule has 0 spiro atoms. The fourth-order valence-corrected chi connectivity index (χ4v) is 1.95. The molecule has 0 bridgehead atoms. The van der Waals surface area contributed by atoms with Crippen molar-refractivity contribution in [2.24, 2.45) is 0 Å². The number of rotatable bonds is 3. The van der Waals surface area contributed by atoms with Crippen LogP contribution in [-0.4, -0.2) is 10.1 Å². The van der Waals surface area contributed by atoms with E-state index in [4.69, 9.17) is 17.3 Å². The minimum atomic E-state index is -0.671. The van der Waals surface area contributed by atoms with Gasteiger partial charge in [-0.15, -0.1) is 0 Å². The van der Waals surface area contributed by atoms with Crippen LogP contribution in [0.15, 0.2) is 42.6 Å². The standard InChI is InChI=1S/C13H13ClN2O/c14-11-6-2-1-5-10(11)12(17)8-9-4-3-7-16-13(9)15/h1-7,12,17H,8H2,(H2,15,16). The van der Waals surface area contributed by atoms with Crippen molar-refractivity contribution in [3.05, 3.63) is 58.7 Å². The van der Waals surface area contributed by atoms with Crippen LogP contribution >= 0.6 is 11.6 Å². The molecule has 88 valence electrons. The van der Waals surface area contributed by atoms with Gasteiger partial charge in [-0.25, -0.2) is 4.98 Å². The molecule has 0 radical (unpaired) electrons. The Morgan fingerprint density at radius 2 is 2.00 bits per heavy atom. The molecule has 0 saturated heterocycles. The first kappa shape index (κ1) is 11.9. The van der Waals surface area contributed by atoms with Gasteiger partial charge in [0.1, 0.15) is 5.82 Å². The Morgan fingerprint density at radius 3 is 2.71 bits per heavy atom. The minimum absolute atomic E-state index is 0.406. The van der Waals surface area contributed by atoms with Gasteiger partial charge in [-0.1, -0.05) is 35.9 Å². The highest BCUT2D eigenvalue weighted by atomic mass is 35.5. The van der Waals surface area contributed by atoms with Gasteiger partial charge in [0.05, 0.1) is 6.10 Å². The third-order valence-corrected chi connectivity index (χ3v) is 2.95. The summed E-state index contributed by atoms with van der Waals surface area (Å²) in [6, 6.07) is 10.9. The molecule has 1 atom stereocenters. The number of aromatic nitrogens is 1. The van der Waals surface area contributed by atoms with Crippen LogP contribution in [0.1, 0.15) is 17.2 Å². The zero-order chi connectivity index (χ0) is 12.3.